The average Bonchev–Trinajstić information content (AvgIpc) is 2.08. The highest BCUT2D eigenvalue weighted by atomic mass is 19.1. The lowest BCUT2D eigenvalue weighted by Crippen LogP contribution is -2.45. The molecule has 92 valence electrons. The second-order valence-electron chi connectivity index (χ2n) is 5.26. The van der Waals surface area contributed by atoms with Crippen molar-refractivity contribution in [1.29, 1.82) is 0 Å². The molecule has 0 spiro atoms. The summed E-state index contributed by atoms with van der Waals surface area (Å²) in [6.07, 6.45) is 0.0702. The summed E-state index contributed by atoms with van der Waals surface area (Å²) < 4.78 is 18.6. The van der Waals surface area contributed by atoms with Gasteiger partial charge in [0.15, 0.2) is 0 Å². The summed E-state index contributed by atoms with van der Waals surface area (Å²) >= 11 is 0. The van der Waals surface area contributed by atoms with E-state index in [4.69, 9.17) is 4.74 Å². The van der Waals surface area contributed by atoms with Crippen molar-refractivity contribution in [2.75, 3.05) is 0 Å². The topological polar surface area (TPSA) is 38.3 Å². The van der Waals surface area contributed by atoms with E-state index in [1.165, 1.54) is 0 Å². The number of carbonyl (C=O) groups is 1. The van der Waals surface area contributed by atoms with Gasteiger partial charge in [0.05, 0.1) is 6.04 Å². The molecular formula is C12H20FNO2. The molecule has 16 heavy (non-hydrogen) atoms. The van der Waals surface area contributed by atoms with Gasteiger partial charge in [0, 0.05) is 0 Å². The summed E-state index contributed by atoms with van der Waals surface area (Å²) in [4.78, 5) is 11.4. The summed E-state index contributed by atoms with van der Waals surface area (Å²) in [5, 5.41) is 2.56. The molecule has 0 bridgehead atoms. The molecule has 1 saturated carbocycles. The van der Waals surface area contributed by atoms with Gasteiger partial charge in [-0.3, -0.25) is 0 Å². The standard InChI is InChI=1S/C12H20FNO2/c1-8-5-6-9(13)10(7-8)14-11(15)16-12(2,3)4/h9-10H,1,5-7H2,2-4H3,(H,14,15)/t9-,10-/m1/s1. The highest BCUT2D eigenvalue weighted by Gasteiger charge is 2.29. The molecule has 4 heteroatoms. The molecule has 0 aromatic heterocycles. The molecule has 1 amide bonds. The van der Waals surface area contributed by atoms with E-state index in [0.29, 0.717) is 19.3 Å². The van der Waals surface area contributed by atoms with Crippen molar-refractivity contribution in [3.05, 3.63) is 12.2 Å². The number of amides is 1. The molecule has 0 unspecified atom stereocenters. The van der Waals surface area contributed by atoms with Gasteiger partial charge in [0.25, 0.3) is 0 Å². The van der Waals surface area contributed by atoms with Crippen molar-refractivity contribution >= 4 is 6.09 Å². The van der Waals surface area contributed by atoms with Crippen molar-refractivity contribution in [3.63, 3.8) is 0 Å². The van der Waals surface area contributed by atoms with Crippen LogP contribution in [-0.2, 0) is 4.74 Å². The molecule has 1 aliphatic rings. The van der Waals surface area contributed by atoms with Crippen LogP contribution in [0, 0.1) is 0 Å². The largest absolute Gasteiger partial charge is 0.444 e. The summed E-state index contributed by atoms with van der Waals surface area (Å²) in [5.74, 6) is 0. The second kappa shape index (κ2) is 4.85. The molecule has 0 saturated heterocycles. The molecule has 2 atom stereocenters. The van der Waals surface area contributed by atoms with Crippen molar-refractivity contribution in [1.82, 2.24) is 5.32 Å². The summed E-state index contributed by atoms with van der Waals surface area (Å²) in [6.45, 7) is 9.15. The Hall–Kier alpha value is -1.06. The molecule has 0 aromatic carbocycles. The van der Waals surface area contributed by atoms with Crippen LogP contribution in [0.4, 0.5) is 9.18 Å². The van der Waals surface area contributed by atoms with Gasteiger partial charge in [-0.1, -0.05) is 12.2 Å². The SMILES string of the molecule is C=C1CC[C@@H](F)[C@H](NC(=O)OC(C)(C)C)C1. The third-order valence-electron chi connectivity index (χ3n) is 2.42. The maximum absolute atomic E-state index is 13.5. The van der Waals surface area contributed by atoms with Gasteiger partial charge in [-0.05, 0) is 40.0 Å². The van der Waals surface area contributed by atoms with Gasteiger partial charge >= 0.3 is 6.09 Å². The minimum Gasteiger partial charge on any atom is -0.444 e. The van der Waals surface area contributed by atoms with Crippen LogP contribution in [-0.4, -0.2) is 23.9 Å². The van der Waals surface area contributed by atoms with E-state index in [1.807, 2.05) is 0 Å². The lowest BCUT2D eigenvalue weighted by molar-refractivity contribution is 0.0463. The number of carbonyl (C=O) groups excluding carboxylic acids is 1. The monoisotopic (exact) mass is 229 g/mol. The molecule has 1 N–H and O–H groups in total. The van der Waals surface area contributed by atoms with Gasteiger partial charge in [-0.25, -0.2) is 9.18 Å². The predicted molar refractivity (Wildman–Crippen MR) is 61.0 cm³/mol. The van der Waals surface area contributed by atoms with Crippen LogP contribution in [0.3, 0.4) is 0 Å². The highest BCUT2D eigenvalue weighted by Crippen LogP contribution is 2.25. The number of hydrogen-bond donors (Lipinski definition) is 1. The van der Waals surface area contributed by atoms with Crippen LogP contribution in [0.2, 0.25) is 0 Å². The molecule has 1 aliphatic carbocycles. The van der Waals surface area contributed by atoms with E-state index in [2.05, 4.69) is 11.9 Å². The Kier molecular flexibility index (Phi) is 3.94. The van der Waals surface area contributed by atoms with Gasteiger partial charge in [0.1, 0.15) is 11.8 Å². The van der Waals surface area contributed by atoms with Crippen LogP contribution in [0.5, 0.6) is 0 Å². The zero-order chi connectivity index (χ0) is 12.3. The fourth-order valence-electron chi connectivity index (χ4n) is 1.68. The second-order valence-corrected chi connectivity index (χ2v) is 5.26. The first-order chi connectivity index (χ1) is 7.28. The number of rotatable bonds is 1. The van der Waals surface area contributed by atoms with Crippen molar-refractivity contribution in [3.8, 4) is 0 Å². The van der Waals surface area contributed by atoms with E-state index in [0.717, 1.165) is 5.57 Å². The first-order valence-corrected chi connectivity index (χ1v) is 5.58. The normalized spacial score (nSPS) is 26.4. The zero-order valence-corrected chi connectivity index (χ0v) is 10.2. The molecule has 0 aromatic rings. The summed E-state index contributed by atoms with van der Waals surface area (Å²) in [7, 11) is 0. The van der Waals surface area contributed by atoms with Gasteiger partial charge in [0.2, 0.25) is 0 Å². The first kappa shape index (κ1) is 13.0. The summed E-state index contributed by atoms with van der Waals surface area (Å²) in [5.41, 5.74) is 0.427. The smallest absolute Gasteiger partial charge is 0.407 e. The minimum absolute atomic E-state index is 0.430. The lowest BCUT2D eigenvalue weighted by Gasteiger charge is -2.29. The molecule has 3 nitrogen and oxygen atoms in total. The first-order valence-electron chi connectivity index (χ1n) is 5.58. The van der Waals surface area contributed by atoms with Crippen LogP contribution in [0.25, 0.3) is 0 Å². The zero-order valence-electron chi connectivity index (χ0n) is 10.2. The molecule has 1 rings (SSSR count). The quantitative estimate of drug-likeness (QED) is 0.702. The minimum atomic E-state index is -1.00. The Bertz CT molecular complexity index is 283. The lowest BCUT2D eigenvalue weighted by atomic mass is 9.90. The summed E-state index contributed by atoms with van der Waals surface area (Å²) in [6, 6.07) is -0.490. The van der Waals surface area contributed by atoms with Crippen LogP contribution in [0.1, 0.15) is 40.0 Å². The van der Waals surface area contributed by atoms with E-state index in [-0.39, 0.29) is 0 Å². The van der Waals surface area contributed by atoms with E-state index in [1.54, 1.807) is 20.8 Å². The molecular weight excluding hydrogens is 209 g/mol. The fraction of sp³-hybridized carbons (Fsp3) is 0.750. The number of alkyl carbamates (subject to hydrolysis) is 1. The number of alkyl halides is 1. The molecule has 1 fully saturated rings. The Labute approximate surface area is 96.0 Å². The number of hydrogen-bond acceptors (Lipinski definition) is 2. The maximum atomic E-state index is 13.5. The highest BCUT2D eigenvalue weighted by molar-refractivity contribution is 5.68. The fourth-order valence-corrected chi connectivity index (χ4v) is 1.68. The van der Waals surface area contributed by atoms with E-state index < -0.39 is 23.9 Å². The van der Waals surface area contributed by atoms with Crippen LogP contribution in [0.15, 0.2) is 12.2 Å². The van der Waals surface area contributed by atoms with Crippen molar-refractivity contribution < 1.29 is 13.9 Å². The predicted octanol–water partition coefficient (Wildman–Crippen LogP) is 2.96. The third-order valence-corrected chi connectivity index (χ3v) is 2.42. The third kappa shape index (κ3) is 4.21. The Morgan fingerprint density at radius 2 is 2.19 bits per heavy atom. The van der Waals surface area contributed by atoms with E-state index in [9.17, 15) is 9.18 Å². The Morgan fingerprint density at radius 1 is 1.56 bits per heavy atom. The van der Waals surface area contributed by atoms with Crippen molar-refractivity contribution in [2.45, 2.75) is 57.8 Å². The van der Waals surface area contributed by atoms with Crippen LogP contribution >= 0.6 is 0 Å². The van der Waals surface area contributed by atoms with Crippen molar-refractivity contribution in [2.24, 2.45) is 0 Å². The average molecular weight is 229 g/mol. The van der Waals surface area contributed by atoms with E-state index >= 15 is 0 Å². The molecule has 0 aliphatic heterocycles. The maximum Gasteiger partial charge on any atom is 0.407 e. The Morgan fingerprint density at radius 3 is 2.75 bits per heavy atom. The molecule has 0 radical (unpaired) electrons. The molecule has 0 heterocycles. The number of ether oxygens (including phenoxy) is 1. The Balaban J connectivity index is 2.46. The van der Waals surface area contributed by atoms with Gasteiger partial charge < -0.3 is 10.1 Å². The van der Waals surface area contributed by atoms with Crippen LogP contribution < -0.4 is 5.32 Å². The van der Waals surface area contributed by atoms with Gasteiger partial charge in [-0.15, -0.1) is 0 Å². The van der Waals surface area contributed by atoms with Gasteiger partial charge in [-0.2, -0.15) is 0 Å². The number of nitrogens with one attached hydrogen (secondary N) is 1. The number of halogens is 1.